The van der Waals surface area contributed by atoms with E-state index in [1.54, 1.807) is 6.92 Å². The van der Waals surface area contributed by atoms with Gasteiger partial charge in [-0.25, -0.2) is 0 Å². The summed E-state index contributed by atoms with van der Waals surface area (Å²) in [6, 6.07) is 0. The molecule has 0 saturated carbocycles. The molecule has 0 spiro atoms. The van der Waals surface area contributed by atoms with Crippen LogP contribution in [0.4, 0.5) is 0 Å². The van der Waals surface area contributed by atoms with Crippen LogP contribution in [0.25, 0.3) is 0 Å². The summed E-state index contributed by atoms with van der Waals surface area (Å²) in [5.74, 6) is -0.474. The zero-order chi connectivity index (χ0) is 18.3. The molecule has 3 aliphatic rings. The van der Waals surface area contributed by atoms with Gasteiger partial charge in [0.05, 0.1) is 37.3 Å². The fourth-order valence-corrected chi connectivity index (χ4v) is 5.96. The molecular formula is C15H14Cl4N2O4S. The van der Waals surface area contributed by atoms with Gasteiger partial charge in [-0.3, -0.25) is 9.79 Å². The highest BCUT2D eigenvalue weighted by atomic mass is 35.5. The lowest BCUT2D eigenvalue weighted by Crippen LogP contribution is -2.60. The topological polar surface area (TPSA) is 93.6 Å². The number of hydrogen-bond acceptors (Lipinski definition) is 5. The molecule has 1 aromatic rings. The van der Waals surface area contributed by atoms with Gasteiger partial charge in [0.25, 0.3) is 5.91 Å². The van der Waals surface area contributed by atoms with Crippen molar-refractivity contribution in [2.45, 2.75) is 30.5 Å². The maximum Gasteiger partial charge on any atom is 0.258 e. The van der Waals surface area contributed by atoms with Gasteiger partial charge in [-0.1, -0.05) is 58.2 Å². The molecule has 0 radical (unpaired) electrons. The summed E-state index contributed by atoms with van der Waals surface area (Å²) in [5.41, 5.74) is -3.31. The molecule has 26 heavy (non-hydrogen) atoms. The van der Waals surface area contributed by atoms with Gasteiger partial charge in [-0.05, 0) is 13.8 Å². The van der Waals surface area contributed by atoms with Gasteiger partial charge in [0, 0.05) is 12.1 Å². The van der Waals surface area contributed by atoms with E-state index in [0.717, 1.165) is 5.04 Å². The average molecular weight is 460 g/mol. The van der Waals surface area contributed by atoms with Crippen LogP contribution in [0, 0.1) is 0 Å². The first kappa shape index (κ1) is 20.5. The van der Waals surface area contributed by atoms with Gasteiger partial charge in [-0.15, -0.1) is 0 Å². The normalized spacial score (nSPS) is 32.4. The van der Waals surface area contributed by atoms with Gasteiger partial charge < -0.3 is 20.2 Å². The summed E-state index contributed by atoms with van der Waals surface area (Å²) in [4.78, 5) is 19.0. The number of rotatable bonds is 0. The zero-order valence-corrected chi connectivity index (χ0v) is 17.4. The Morgan fingerprint density at radius 3 is 2.50 bits per heavy atom. The van der Waals surface area contributed by atoms with Crippen molar-refractivity contribution >= 4 is 69.1 Å². The smallest absolute Gasteiger partial charge is 0.258 e. The molecule has 4 rings (SSSR count). The van der Waals surface area contributed by atoms with Gasteiger partial charge in [-0.2, -0.15) is 0 Å². The van der Waals surface area contributed by atoms with Crippen LogP contribution in [-0.2, 0) is 10.5 Å². The first-order valence-corrected chi connectivity index (χ1v) is 9.79. The predicted molar refractivity (Wildman–Crippen MR) is 104 cm³/mol. The molecule has 3 aliphatic heterocycles. The minimum atomic E-state index is -1.85. The first-order valence-electron chi connectivity index (χ1n) is 7.40. The number of halogens is 4. The number of aliphatic imine (C=N–C) groups is 1. The number of hydrogen-bond donors (Lipinski definition) is 1. The molecule has 0 aromatic heterocycles. The number of thioether (sulfide) groups is 1. The monoisotopic (exact) mass is 458 g/mol. The fraction of sp³-hybridized carbons (Fsp3) is 0.467. The molecule has 1 fully saturated rings. The molecule has 142 valence electrons. The Bertz CT molecular complexity index is 867. The van der Waals surface area contributed by atoms with Gasteiger partial charge in [0.2, 0.25) is 0 Å². The number of aliphatic hydroxyl groups is 1. The van der Waals surface area contributed by atoms with Crippen molar-refractivity contribution in [1.82, 2.24) is 4.90 Å². The van der Waals surface area contributed by atoms with E-state index in [1.165, 1.54) is 16.7 Å². The van der Waals surface area contributed by atoms with E-state index in [9.17, 15) is 9.90 Å². The molecule has 3 heterocycles. The highest BCUT2D eigenvalue weighted by molar-refractivity contribution is 8.14. The Kier molecular flexibility index (Phi) is 5.03. The summed E-state index contributed by atoms with van der Waals surface area (Å²) in [6.07, 6.45) is 0. The second-order valence-corrected chi connectivity index (χ2v) is 9.00. The number of carbonyl (C=O) groups is 1. The van der Waals surface area contributed by atoms with Crippen molar-refractivity contribution in [3.63, 3.8) is 0 Å². The molecule has 6 nitrogen and oxygen atoms in total. The molecular weight excluding hydrogens is 446 g/mol. The van der Waals surface area contributed by atoms with Crippen molar-refractivity contribution in [2.75, 3.05) is 13.2 Å². The number of ether oxygens (including phenoxy) is 1. The first-order chi connectivity index (χ1) is 11.6. The maximum atomic E-state index is 13.0. The zero-order valence-electron chi connectivity index (χ0n) is 13.6. The van der Waals surface area contributed by atoms with E-state index in [-0.39, 0.29) is 49.8 Å². The van der Waals surface area contributed by atoms with Crippen LogP contribution < -0.4 is 0 Å². The number of amides is 1. The molecule has 1 saturated heterocycles. The second-order valence-electron chi connectivity index (χ2n) is 6.23. The summed E-state index contributed by atoms with van der Waals surface area (Å²) in [6.45, 7) is 3.96. The summed E-state index contributed by atoms with van der Waals surface area (Å²) in [7, 11) is 0. The predicted octanol–water partition coefficient (Wildman–Crippen LogP) is 3.36. The van der Waals surface area contributed by atoms with E-state index in [1.807, 2.05) is 6.92 Å². The van der Waals surface area contributed by atoms with Crippen molar-refractivity contribution in [2.24, 2.45) is 4.99 Å². The van der Waals surface area contributed by atoms with Gasteiger partial charge >= 0.3 is 0 Å². The van der Waals surface area contributed by atoms with Crippen LogP contribution in [0.2, 0.25) is 20.1 Å². The quantitative estimate of drug-likeness (QED) is 0.475. The Labute approximate surface area is 173 Å². The van der Waals surface area contributed by atoms with Crippen LogP contribution in [0.1, 0.15) is 29.8 Å². The Hall–Kier alpha value is -0.250. The van der Waals surface area contributed by atoms with E-state index < -0.39 is 22.6 Å². The van der Waals surface area contributed by atoms with Crippen molar-refractivity contribution in [3.8, 4) is 0 Å². The molecule has 0 unspecified atom stereocenters. The summed E-state index contributed by atoms with van der Waals surface area (Å²) >= 11 is 26.4. The summed E-state index contributed by atoms with van der Waals surface area (Å²) in [5, 5.41) is 12.5. The third kappa shape index (κ3) is 2.26. The minimum absolute atomic E-state index is 0. The van der Waals surface area contributed by atoms with Crippen LogP contribution >= 0.6 is 58.2 Å². The van der Waals surface area contributed by atoms with Crippen molar-refractivity contribution in [3.05, 3.63) is 31.2 Å². The average Bonchev–Trinajstić information content (AvgIpc) is 2.94. The molecule has 0 bridgehead atoms. The molecule has 3 atom stereocenters. The molecule has 1 amide bonds. The Morgan fingerprint density at radius 2 is 1.85 bits per heavy atom. The van der Waals surface area contributed by atoms with Crippen LogP contribution in [0.5, 0.6) is 0 Å². The molecule has 1 aromatic carbocycles. The highest BCUT2D eigenvalue weighted by Crippen LogP contribution is 2.58. The van der Waals surface area contributed by atoms with E-state index >= 15 is 0 Å². The van der Waals surface area contributed by atoms with Crippen molar-refractivity contribution < 1.29 is 20.1 Å². The molecule has 0 aliphatic carbocycles. The SMILES string of the molecule is CC1=N[C@@]2(C)[C@H](OCCN3C(=O)c4c(Cl)c(Cl)c(Cl)c(Cl)c4[C@]32O)S1.O. The number of nitrogens with zero attached hydrogens (tertiary/aromatic N) is 2. The van der Waals surface area contributed by atoms with Gasteiger partial charge in [0.1, 0.15) is 11.0 Å². The third-order valence-electron chi connectivity index (χ3n) is 4.88. The standard InChI is InChI=1S/C15H12Cl4N2O3S.H2O/c1-5-20-14(2)13(25-5)24-4-3-21-12(22)6-7(15(14,21)23)9(17)11(19)10(18)8(6)16;/h13,23H,3-4H2,1-2H3;1H2/t13-,14+,15-;/m1./s1. The molecule has 3 N–H and O–H groups in total. The third-order valence-corrected chi connectivity index (χ3v) is 7.93. The highest BCUT2D eigenvalue weighted by Gasteiger charge is 2.67. The lowest BCUT2D eigenvalue weighted by Gasteiger charge is -2.43. The lowest BCUT2D eigenvalue weighted by molar-refractivity contribution is -0.133. The largest absolute Gasteiger partial charge is 0.412 e. The van der Waals surface area contributed by atoms with E-state index in [0.29, 0.717) is 0 Å². The van der Waals surface area contributed by atoms with Crippen LogP contribution in [0.3, 0.4) is 0 Å². The number of benzene rings is 1. The van der Waals surface area contributed by atoms with Gasteiger partial charge in [0.15, 0.2) is 5.72 Å². The maximum absolute atomic E-state index is 13.0. The molecule has 11 heteroatoms. The van der Waals surface area contributed by atoms with E-state index in [2.05, 4.69) is 4.99 Å². The summed E-state index contributed by atoms with van der Waals surface area (Å²) < 4.78 is 5.85. The van der Waals surface area contributed by atoms with Crippen molar-refractivity contribution in [1.29, 1.82) is 0 Å². The Morgan fingerprint density at radius 1 is 1.23 bits per heavy atom. The lowest BCUT2D eigenvalue weighted by atomic mass is 9.83. The van der Waals surface area contributed by atoms with E-state index in [4.69, 9.17) is 51.1 Å². The number of fused-ring (bicyclic) bond motifs is 5. The van der Waals surface area contributed by atoms with Crippen LogP contribution in [0.15, 0.2) is 4.99 Å². The number of carbonyl (C=O) groups excluding carboxylic acids is 1. The van der Waals surface area contributed by atoms with Crippen LogP contribution in [-0.4, -0.2) is 50.6 Å². The minimum Gasteiger partial charge on any atom is -0.412 e. The Balaban J connectivity index is 0.00000196. The fourth-order valence-electron chi connectivity index (χ4n) is 3.73. The second kappa shape index (κ2) is 6.39.